The van der Waals surface area contributed by atoms with Gasteiger partial charge in [-0.15, -0.1) is 0 Å². The molecule has 0 aromatic heterocycles. The monoisotopic (exact) mass is 515 g/mol. The van der Waals surface area contributed by atoms with Gasteiger partial charge in [0.05, 0.1) is 6.61 Å². The van der Waals surface area contributed by atoms with E-state index >= 15 is 0 Å². The average Bonchev–Trinajstić information content (AvgIpc) is 3.37. The number of rotatable bonds is 9. The molecule has 4 rings (SSSR count). The predicted octanol–water partition coefficient (Wildman–Crippen LogP) is 2.77. The summed E-state index contributed by atoms with van der Waals surface area (Å²) in [6.07, 6.45) is -4.02. The number of hydrogen-bond acceptors (Lipinski definition) is 10. The number of ether oxygens (including phenoxy) is 5. The molecule has 0 N–H and O–H groups in total. The summed E-state index contributed by atoms with van der Waals surface area (Å²) < 4.78 is 63.0. The lowest BCUT2D eigenvalue weighted by atomic mass is 9.96. The van der Waals surface area contributed by atoms with Crippen LogP contribution < -0.4 is 0 Å². The molecule has 3 saturated heterocycles. The van der Waals surface area contributed by atoms with Crippen molar-refractivity contribution in [2.24, 2.45) is 5.92 Å². The summed E-state index contributed by atoms with van der Waals surface area (Å²) in [7, 11) is -4.40. The van der Waals surface area contributed by atoms with E-state index in [4.69, 9.17) is 27.9 Å². The fourth-order valence-electron chi connectivity index (χ4n) is 4.95. The van der Waals surface area contributed by atoms with Crippen LogP contribution >= 0.6 is 0 Å². The smallest absolute Gasteiger partial charge is 0.275 e. The Morgan fingerprint density at radius 1 is 1.09 bits per heavy atom. The van der Waals surface area contributed by atoms with Crippen LogP contribution in [-0.2, 0) is 38.0 Å². The first kappa shape index (κ1) is 26.4. The molecule has 0 saturated carbocycles. The number of benzene rings is 1. The van der Waals surface area contributed by atoms with E-state index in [-0.39, 0.29) is 13.0 Å². The molecule has 0 bridgehead atoms. The quantitative estimate of drug-likeness (QED) is 0.275. The predicted molar refractivity (Wildman–Crippen MR) is 122 cm³/mol. The molecule has 0 spiro atoms. The molecule has 3 heterocycles. The van der Waals surface area contributed by atoms with E-state index in [1.165, 1.54) is 0 Å². The molecule has 3 aliphatic heterocycles. The minimum atomic E-state index is -4.40. The van der Waals surface area contributed by atoms with Gasteiger partial charge in [-0.2, -0.15) is 8.42 Å². The van der Waals surface area contributed by atoms with Gasteiger partial charge >= 0.3 is 0 Å². The molecule has 0 radical (unpaired) electrons. The van der Waals surface area contributed by atoms with Crippen molar-refractivity contribution in [3.63, 3.8) is 0 Å². The van der Waals surface area contributed by atoms with E-state index in [1.807, 2.05) is 0 Å². The highest BCUT2D eigenvalue weighted by molar-refractivity contribution is 7.87. The van der Waals surface area contributed by atoms with E-state index in [0.717, 1.165) is 0 Å². The second-order valence-electron chi connectivity index (χ2n) is 10.0. The zero-order chi connectivity index (χ0) is 25.6. The minimum Gasteiger partial charge on any atom is -0.348 e. The van der Waals surface area contributed by atoms with Gasteiger partial charge in [-0.3, -0.25) is 14.3 Å². The van der Waals surface area contributed by atoms with Crippen LogP contribution in [0, 0.1) is 16.0 Å². The summed E-state index contributed by atoms with van der Waals surface area (Å²) in [6.45, 7) is 8.27. The third-order valence-corrected chi connectivity index (χ3v) is 8.21. The first-order valence-corrected chi connectivity index (χ1v) is 13.2. The van der Waals surface area contributed by atoms with Gasteiger partial charge in [0.1, 0.15) is 29.7 Å². The summed E-state index contributed by atoms with van der Waals surface area (Å²) in [4.78, 5) is 10.9. The van der Waals surface area contributed by atoms with Crippen molar-refractivity contribution >= 4 is 10.1 Å². The lowest BCUT2D eigenvalue weighted by Gasteiger charge is -2.31. The Hall–Kier alpha value is -1.67. The van der Waals surface area contributed by atoms with Crippen molar-refractivity contribution in [1.29, 1.82) is 0 Å². The largest absolute Gasteiger partial charge is 0.348 e. The number of nitro groups is 1. The summed E-state index contributed by atoms with van der Waals surface area (Å²) in [6, 6.07) is 8.40. The van der Waals surface area contributed by atoms with Crippen LogP contribution in [0.2, 0.25) is 0 Å². The molecular formula is C23H33NO10S. The Kier molecular flexibility index (Phi) is 7.28. The van der Waals surface area contributed by atoms with Gasteiger partial charge in [0, 0.05) is 10.8 Å². The molecule has 12 heteroatoms. The molecule has 1 aromatic rings. The van der Waals surface area contributed by atoms with Gasteiger partial charge in [0.2, 0.25) is 6.54 Å². The van der Waals surface area contributed by atoms with Crippen LogP contribution in [-0.4, -0.2) is 68.8 Å². The Morgan fingerprint density at radius 3 is 2.34 bits per heavy atom. The highest BCUT2D eigenvalue weighted by Gasteiger charge is 2.60. The number of hydrogen-bond donors (Lipinski definition) is 0. The molecule has 1 aromatic carbocycles. The maximum Gasteiger partial charge on any atom is 0.275 e. The summed E-state index contributed by atoms with van der Waals surface area (Å²) in [5.41, 5.74) is 0.415. The van der Waals surface area contributed by atoms with Crippen molar-refractivity contribution in [1.82, 2.24) is 0 Å². The van der Waals surface area contributed by atoms with Crippen molar-refractivity contribution < 1.29 is 41.2 Å². The van der Waals surface area contributed by atoms with Gasteiger partial charge in [0.25, 0.3) is 10.1 Å². The molecule has 0 unspecified atom stereocenters. The SMILES string of the molecule is CC[C@H](C[N+](=O)[O-])[C@H](c1ccccc1)S(=O)(=O)O[C@H]1[C@H]2OC(C)(C)O[C@H]2O[C@@H]1[C@H]1COC(C)(C)O1. The molecule has 3 fully saturated rings. The summed E-state index contributed by atoms with van der Waals surface area (Å²) in [5, 5.41) is 10.1. The van der Waals surface area contributed by atoms with E-state index in [0.29, 0.717) is 5.56 Å². The fourth-order valence-corrected chi connectivity index (χ4v) is 6.84. The molecule has 3 aliphatic rings. The molecular weight excluding hydrogens is 482 g/mol. The highest BCUT2D eigenvalue weighted by atomic mass is 32.2. The van der Waals surface area contributed by atoms with Crippen molar-refractivity contribution in [3.05, 3.63) is 46.0 Å². The second kappa shape index (κ2) is 9.66. The average molecular weight is 516 g/mol. The molecule has 0 aliphatic carbocycles. The fraction of sp³-hybridized carbons (Fsp3) is 0.739. The third-order valence-electron chi connectivity index (χ3n) is 6.44. The Morgan fingerprint density at radius 2 is 1.77 bits per heavy atom. The lowest BCUT2D eigenvalue weighted by Crippen LogP contribution is -2.46. The molecule has 11 nitrogen and oxygen atoms in total. The molecule has 196 valence electrons. The van der Waals surface area contributed by atoms with Crippen LogP contribution in [0.3, 0.4) is 0 Å². The van der Waals surface area contributed by atoms with Crippen molar-refractivity contribution in [2.75, 3.05) is 13.2 Å². The molecule has 0 amide bonds. The van der Waals surface area contributed by atoms with Gasteiger partial charge in [-0.1, -0.05) is 37.3 Å². The first-order valence-electron chi connectivity index (χ1n) is 11.7. The second-order valence-corrected chi connectivity index (χ2v) is 11.7. The third kappa shape index (κ3) is 5.68. The van der Waals surface area contributed by atoms with Crippen molar-refractivity contribution in [2.45, 2.75) is 88.6 Å². The van der Waals surface area contributed by atoms with Crippen LogP contribution in [0.1, 0.15) is 51.9 Å². The van der Waals surface area contributed by atoms with Crippen LogP contribution in [0.25, 0.3) is 0 Å². The number of fused-ring (bicyclic) bond motifs is 1. The van der Waals surface area contributed by atoms with E-state index in [2.05, 4.69) is 0 Å². The normalized spacial score (nSPS) is 33.3. The van der Waals surface area contributed by atoms with Gasteiger partial charge in [0.15, 0.2) is 17.9 Å². The van der Waals surface area contributed by atoms with Gasteiger partial charge < -0.3 is 23.7 Å². The topological polar surface area (TPSA) is 133 Å². The zero-order valence-electron chi connectivity index (χ0n) is 20.5. The van der Waals surface area contributed by atoms with Crippen LogP contribution in [0.15, 0.2) is 30.3 Å². The maximum absolute atomic E-state index is 13.8. The van der Waals surface area contributed by atoms with Crippen LogP contribution in [0.5, 0.6) is 0 Å². The Balaban J connectivity index is 1.67. The maximum atomic E-state index is 13.8. The number of nitrogens with zero attached hydrogens (tertiary/aromatic N) is 1. The van der Waals surface area contributed by atoms with E-state index in [9.17, 15) is 18.5 Å². The Labute approximate surface area is 205 Å². The zero-order valence-corrected chi connectivity index (χ0v) is 21.3. The standard InChI is InChI=1S/C23H33NO10S/c1-6-14(12-24(25)26)20(15-10-8-7-9-11-15)35(27,28)34-18-17(16-13-29-22(2,3)31-16)30-21-19(18)32-23(4,5)33-21/h7-11,14,16-21H,6,12-13H2,1-5H3/t14-,16-,17-,18-,19-,20-,21-/m1/s1. The van der Waals surface area contributed by atoms with Gasteiger partial charge in [-0.05, 0) is 39.7 Å². The van der Waals surface area contributed by atoms with Crippen LogP contribution in [0.4, 0.5) is 0 Å². The van der Waals surface area contributed by atoms with Crippen molar-refractivity contribution in [3.8, 4) is 0 Å². The minimum absolute atomic E-state index is 0.168. The van der Waals surface area contributed by atoms with E-state index < -0.39 is 75.0 Å². The lowest BCUT2D eigenvalue weighted by molar-refractivity contribution is -0.488. The summed E-state index contributed by atoms with van der Waals surface area (Å²) >= 11 is 0. The van der Waals surface area contributed by atoms with E-state index in [1.54, 1.807) is 65.0 Å². The van der Waals surface area contributed by atoms with Gasteiger partial charge in [-0.25, -0.2) is 0 Å². The first-order chi connectivity index (χ1) is 16.3. The Bertz CT molecular complexity index is 1010. The molecule has 7 atom stereocenters. The molecule has 35 heavy (non-hydrogen) atoms. The highest BCUT2D eigenvalue weighted by Crippen LogP contribution is 2.44. The summed E-state index contributed by atoms with van der Waals surface area (Å²) in [5.74, 6) is -2.69.